The van der Waals surface area contributed by atoms with Gasteiger partial charge in [-0.2, -0.15) is 0 Å². The number of aliphatic hydroxyl groups is 1. The summed E-state index contributed by atoms with van der Waals surface area (Å²) in [6.07, 6.45) is 52.1. The maximum Gasteiger partial charge on any atom is 0.472 e. The molecular weight excluding hydrogens is 880 g/mol. The summed E-state index contributed by atoms with van der Waals surface area (Å²) in [5, 5.41) is 9.78. The largest absolute Gasteiger partial charge is 0.472 e. The van der Waals surface area contributed by atoms with Gasteiger partial charge in [0, 0.05) is 19.3 Å². The summed E-state index contributed by atoms with van der Waals surface area (Å²) in [5.41, 5.74) is 0. The summed E-state index contributed by atoms with van der Waals surface area (Å²) in [6.45, 7) is 4.56. The summed E-state index contributed by atoms with van der Waals surface area (Å²) in [6, 6.07) is 0. The number of aliphatic hydroxyl groups excluding tert-OH is 1. The molecule has 396 valence electrons. The first kappa shape index (κ1) is 65.4. The number of hydrogen-bond acceptors (Lipinski definition) is 10. The van der Waals surface area contributed by atoms with E-state index in [2.05, 4.69) is 69.4 Å². The number of carbonyl (C=O) groups excluding carboxylic acids is 3. The van der Waals surface area contributed by atoms with Crippen molar-refractivity contribution >= 4 is 25.7 Å². The molecule has 0 bridgehead atoms. The van der Waals surface area contributed by atoms with Crippen LogP contribution < -0.4 is 0 Å². The van der Waals surface area contributed by atoms with Gasteiger partial charge in [-0.1, -0.05) is 179 Å². The number of ether oxygens (including phenoxy) is 3. The Bertz CT molecular complexity index is 1330. The van der Waals surface area contributed by atoms with Gasteiger partial charge in [-0.3, -0.25) is 23.4 Å². The zero-order valence-electron chi connectivity index (χ0n) is 43.6. The van der Waals surface area contributed by atoms with Crippen molar-refractivity contribution in [1.29, 1.82) is 0 Å². The molecule has 68 heavy (non-hydrogen) atoms. The monoisotopic (exact) mass is 981 g/mol. The molecule has 3 unspecified atom stereocenters. The molecule has 0 aliphatic carbocycles. The van der Waals surface area contributed by atoms with E-state index in [1.807, 2.05) is 0 Å². The molecule has 0 fully saturated rings. The molecular formula is C56H101O11P. The first-order chi connectivity index (χ1) is 33.2. The van der Waals surface area contributed by atoms with Crippen LogP contribution in [0.15, 0.2) is 48.6 Å². The van der Waals surface area contributed by atoms with Crippen molar-refractivity contribution < 1.29 is 52.2 Å². The highest BCUT2D eigenvalue weighted by molar-refractivity contribution is 7.47. The zero-order chi connectivity index (χ0) is 49.9. The van der Waals surface area contributed by atoms with E-state index in [0.29, 0.717) is 19.3 Å². The molecule has 0 spiro atoms. The predicted octanol–water partition coefficient (Wildman–Crippen LogP) is 15.8. The van der Waals surface area contributed by atoms with Crippen molar-refractivity contribution in [2.45, 2.75) is 264 Å². The first-order valence-corrected chi connectivity index (χ1v) is 29.0. The van der Waals surface area contributed by atoms with Crippen LogP contribution in [-0.4, -0.2) is 66.5 Å². The van der Waals surface area contributed by atoms with E-state index in [0.717, 1.165) is 122 Å². The lowest BCUT2D eigenvalue weighted by Crippen LogP contribution is -2.30. The Balaban J connectivity index is 4.76. The third-order valence-electron chi connectivity index (χ3n) is 11.7. The molecule has 0 aromatic carbocycles. The number of unbranched alkanes of at least 4 members (excludes halogenated alkanes) is 26. The summed E-state index contributed by atoms with van der Waals surface area (Å²) < 4.78 is 39.4. The van der Waals surface area contributed by atoms with Gasteiger partial charge < -0.3 is 24.2 Å². The third-order valence-corrected chi connectivity index (χ3v) is 12.6. The Morgan fingerprint density at radius 1 is 0.412 bits per heavy atom. The molecule has 2 N–H and O–H groups in total. The van der Waals surface area contributed by atoms with Crippen LogP contribution >= 0.6 is 7.82 Å². The second-order valence-electron chi connectivity index (χ2n) is 18.4. The predicted molar refractivity (Wildman–Crippen MR) is 279 cm³/mol. The van der Waals surface area contributed by atoms with Gasteiger partial charge >= 0.3 is 25.7 Å². The maximum atomic E-state index is 12.9. The summed E-state index contributed by atoms with van der Waals surface area (Å²) in [5.74, 6) is -1.49. The van der Waals surface area contributed by atoms with Crippen molar-refractivity contribution in [3.8, 4) is 0 Å². The van der Waals surface area contributed by atoms with Crippen molar-refractivity contribution in [3.05, 3.63) is 48.6 Å². The van der Waals surface area contributed by atoms with E-state index < -0.39 is 57.8 Å². The van der Waals surface area contributed by atoms with E-state index in [4.69, 9.17) is 23.3 Å². The van der Waals surface area contributed by atoms with Crippen LogP contribution in [0.4, 0.5) is 0 Å². The number of hydrogen-bond donors (Lipinski definition) is 2. The maximum absolute atomic E-state index is 12.9. The Morgan fingerprint density at radius 3 is 1.13 bits per heavy atom. The van der Waals surface area contributed by atoms with Crippen LogP contribution in [0.2, 0.25) is 0 Å². The average Bonchev–Trinajstić information content (AvgIpc) is 3.32. The molecule has 0 rings (SSSR count). The molecule has 0 aromatic rings. The van der Waals surface area contributed by atoms with E-state index in [-0.39, 0.29) is 25.9 Å². The SMILES string of the molecule is CCCCC/C=C\C/C=C\CCCCCCCC(=O)OC(COC(=O)CCCCCCC/C=C\CCCCCC)COP(=O)(O)OCC(CO)OC(=O)CCCCCCC/C=C\CCCCCC. The second-order valence-corrected chi connectivity index (χ2v) is 19.8. The smallest absolute Gasteiger partial charge is 0.462 e. The molecule has 12 heteroatoms. The Morgan fingerprint density at radius 2 is 0.721 bits per heavy atom. The number of phosphoric acid groups is 1. The molecule has 0 amide bonds. The normalized spacial score (nSPS) is 13.8. The minimum absolute atomic E-state index is 0.150. The van der Waals surface area contributed by atoms with Crippen LogP contribution in [-0.2, 0) is 42.2 Å². The van der Waals surface area contributed by atoms with Crippen LogP contribution in [0.5, 0.6) is 0 Å². The molecule has 0 aliphatic rings. The summed E-state index contributed by atoms with van der Waals surface area (Å²) in [7, 11) is -4.75. The van der Waals surface area contributed by atoms with Crippen molar-refractivity contribution in [2.75, 3.05) is 26.4 Å². The van der Waals surface area contributed by atoms with Crippen molar-refractivity contribution in [1.82, 2.24) is 0 Å². The van der Waals surface area contributed by atoms with Crippen LogP contribution in [0.1, 0.15) is 252 Å². The van der Waals surface area contributed by atoms with Crippen LogP contribution in [0.25, 0.3) is 0 Å². The standard InChI is InChI=1S/C56H101O11P/c1-4-7-10-13-16-19-22-25-26-29-32-35-38-41-44-47-56(60)67-53(49-63-54(58)45-42-39-36-33-30-27-23-20-17-14-11-8-5-2)51-65-68(61,62)64-50-52(48-57)66-55(59)46-43-40-37-34-31-28-24-21-18-15-12-9-6-3/h16,19-21,23-26,52-53,57H,4-15,17-18,22,27-51H2,1-3H3,(H,61,62)/b19-16-,23-20-,24-21-,26-25-. The van der Waals surface area contributed by atoms with Gasteiger partial charge in [-0.15, -0.1) is 0 Å². The number of esters is 3. The number of phosphoric ester groups is 1. The molecule has 3 atom stereocenters. The highest BCUT2D eigenvalue weighted by atomic mass is 31.2. The summed E-state index contributed by atoms with van der Waals surface area (Å²) in [4.78, 5) is 48.4. The van der Waals surface area contributed by atoms with Crippen LogP contribution in [0, 0.1) is 0 Å². The van der Waals surface area contributed by atoms with Crippen LogP contribution in [0.3, 0.4) is 0 Å². The number of carbonyl (C=O) groups is 3. The van der Waals surface area contributed by atoms with Gasteiger partial charge in [-0.05, 0) is 103 Å². The molecule has 0 saturated heterocycles. The van der Waals surface area contributed by atoms with E-state index >= 15 is 0 Å². The molecule has 11 nitrogen and oxygen atoms in total. The highest BCUT2D eigenvalue weighted by Gasteiger charge is 2.28. The third kappa shape index (κ3) is 48.5. The van der Waals surface area contributed by atoms with Gasteiger partial charge in [-0.25, -0.2) is 4.57 Å². The minimum atomic E-state index is -4.75. The lowest BCUT2D eigenvalue weighted by molar-refractivity contribution is -0.161. The van der Waals surface area contributed by atoms with Gasteiger partial charge in [0.1, 0.15) is 12.7 Å². The molecule has 0 saturated carbocycles. The number of rotatable bonds is 51. The fourth-order valence-corrected chi connectivity index (χ4v) is 8.22. The molecule has 0 heterocycles. The van der Waals surface area contributed by atoms with Gasteiger partial charge in [0.05, 0.1) is 19.8 Å². The lowest BCUT2D eigenvalue weighted by Gasteiger charge is -2.21. The van der Waals surface area contributed by atoms with E-state index in [1.165, 1.54) is 70.6 Å². The minimum Gasteiger partial charge on any atom is -0.462 e. The second kappa shape index (κ2) is 50.8. The van der Waals surface area contributed by atoms with Crippen molar-refractivity contribution in [3.63, 3.8) is 0 Å². The van der Waals surface area contributed by atoms with Gasteiger partial charge in [0.15, 0.2) is 6.10 Å². The molecule has 0 radical (unpaired) electrons. The Labute approximate surface area is 415 Å². The average molecular weight is 981 g/mol. The molecule has 0 aromatic heterocycles. The quantitative estimate of drug-likeness (QED) is 0.0197. The topological polar surface area (TPSA) is 155 Å². The van der Waals surface area contributed by atoms with E-state index in [9.17, 15) is 28.9 Å². The first-order valence-electron chi connectivity index (χ1n) is 27.5. The lowest BCUT2D eigenvalue weighted by atomic mass is 10.1. The number of allylic oxidation sites excluding steroid dienone is 8. The van der Waals surface area contributed by atoms with Gasteiger partial charge in [0.2, 0.25) is 0 Å². The Kier molecular flexibility index (Phi) is 48.9. The highest BCUT2D eigenvalue weighted by Crippen LogP contribution is 2.43. The van der Waals surface area contributed by atoms with E-state index in [1.54, 1.807) is 0 Å². The fraction of sp³-hybridized carbons (Fsp3) is 0.804. The van der Waals surface area contributed by atoms with Crippen molar-refractivity contribution in [2.24, 2.45) is 0 Å². The summed E-state index contributed by atoms with van der Waals surface area (Å²) >= 11 is 0. The van der Waals surface area contributed by atoms with Gasteiger partial charge in [0.25, 0.3) is 0 Å². The fourth-order valence-electron chi connectivity index (χ4n) is 7.43. The molecule has 0 aliphatic heterocycles. The zero-order valence-corrected chi connectivity index (χ0v) is 44.5. The Hall–Kier alpha value is -2.56.